The van der Waals surface area contributed by atoms with Gasteiger partial charge < -0.3 is 4.74 Å². The first-order chi connectivity index (χ1) is 11.1. The lowest BCUT2D eigenvalue weighted by Crippen LogP contribution is -2.23. The van der Waals surface area contributed by atoms with Crippen LogP contribution in [0.5, 0.6) is 5.75 Å². The zero-order valence-corrected chi connectivity index (χ0v) is 13.0. The van der Waals surface area contributed by atoms with E-state index in [1.807, 2.05) is 13.8 Å². The second-order valence-corrected chi connectivity index (χ2v) is 5.11. The van der Waals surface area contributed by atoms with E-state index in [0.717, 1.165) is 5.75 Å². The summed E-state index contributed by atoms with van der Waals surface area (Å²) in [7, 11) is 0. The SMILES string of the molecule is CCOc1ccc(-n2c(CC)nc3ccc(F)cc3c2=O)cc1. The van der Waals surface area contributed by atoms with Crippen molar-refractivity contribution in [2.45, 2.75) is 20.3 Å². The molecule has 0 radical (unpaired) electrons. The zero-order chi connectivity index (χ0) is 16.4. The normalized spacial score (nSPS) is 10.9. The average Bonchev–Trinajstić information content (AvgIpc) is 2.56. The molecule has 0 N–H and O–H groups in total. The van der Waals surface area contributed by atoms with Gasteiger partial charge in [0.1, 0.15) is 17.4 Å². The Hall–Kier alpha value is -2.69. The Kier molecular flexibility index (Phi) is 4.10. The Balaban J connectivity index is 2.22. The molecule has 0 fully saturated rings. The molecule has 3 aromatic rings. The van der Waals surface area contributed by atoms with Crippen molar-refractivity contribution in [3.8, 4) is 11.4 Å². The standard InChI is InChI=1S/C18H17FN2O2/c1-3-17-20-16-10-5-12(19)11-15(16)18(22)21(17)13-6-8-14(9-7-13)23-4-2/h5-11H,3-4H2,1-2H3. The van der Waals surface area contributed by atoms with E-state index in [1.54, 1.807) is 24.3 Å². The van der Waals surface area contributed by atoms with Crippen LogP contribution >= 0.6 is 0 Å². The van der Waals surface area contributed by atoms with Gasteiger partial charge >= 0.3 is 0 Å². The molecule has 2 aromatic carbocycles. The van der Waals surface area contributed by atoms with Crippen LogP contribution in [0.1, 0.15) is 19.7 Å². The van der Waals surface area contributed by atoms with Crippen LogP contribution < -0.4 is 10.3 Å². The molecule has 0 aliphatic carbocycles. The number of benzene rings is 2. The summed E-state index contributed by atoms with van der Waals surface area (Å²) in [5, 5.41) is 0.274. The highest BCUT2D eigenvalue weighted by molar-refractivity contribution is 5.78. The lowest BCUT2D eigenvalue weighted by atomic mass is 10.2. The second-order valence-electron chi connectivity index (χ2n) is 5.11. The maximum absolute atomic E-state index is 13.5. The van der Waals surface area contributed by atoms with Gasteiger partial charge in [0.15, 0.2) is 0 Å². The van der Waals surface area contributed by atoms with Gasteiger partial charge in [-0.05, 0) is 49.4 Å². The molecule has 0 aliphatic rings. The number of aromatic nitrogens is 2. The van der Waals surface area contributed by atoms with E-state index in [-0.39, 0.29) is 10.9 Å². The molecule has 23 heavy (non-hydrogen) atoms. The Morgan fingerprint density at radius 2 is 1.87 bits per heavy atom. The van der Waals surface area contributed by atoms with Gasteiger partial charge in [-0.2, -0.15) is 0 Å². The van der Waals surface area contributed by atoms with E-state index in [2.05, 4.69) is 4.98 Å². The largest absolute Gasteiger partial charge is 0.494 e. The van der Waals surface area contributed by atoms with E-state index in [4.69, 9.17) is 4.74 Å². The van der Waals surface area contributed by atoms with Crippen molar-refractivity contribution < 1.29 is 9.13 Å². The monoisotopic (exact) mass is 312 g/mol. The summed E-state index contributed by atoms with van der Waals surface area (Å²) in [4.78, 5) is 17.3. The predicted molar refractivity (Wildman–Crippen MR) is 87.8 cm³/mol. The predicted octanol–water partition coefficient (Wildman–Crippen LogP) is 3.49. The van der Waals surface area contributed by atoms with E-state index in [1.165, 1.54) is 22.8 Å². The van der Waals surface area contributed by atoms with Gasteiger partial charge in [-0.25, -0.2) is 9.37 Å². The van der Waals surface area contributed by atoms with E-state index in [0.29, 0.717) is 30.1 Å². The molecule has 5 heteroatoms. The molecule has 0 saturated heterocycles. The molecule has 4 nitrogen and oxygen atoms in total. The first-order valence-corrected chi connectivity index (χ1v) is 7.58. The number of hydrogen-bond donors (Lipinski definition) is 0. The average molecular weight is 312 g/mol. The minimum atomic E-state index is -0.445. The summed E-state index contributed by atoms with van der Waals surface area (Å²) in [5.41, 5.74) is 0.930. The fourth-order valence-corrected chi connectivity index (χ4v) is 2.57. The third-order valence-electron chi connectivity index (χ3n) is 3.62. The Bertz CT molecular complexity index is 901. The van der Waals surface area contributed by atoms with Crippen molar-refractivity contribution in [3.63, 3.8) is 0 Å². The quantitative estimate of drug-likeness (QED) is 0.741. The zero-order valence-electron chi connectivity index (χ0n) is 13.0. The number of nitrogens with zero attached hydrogens (tertiary/aromatic N) is 2. The van der Waals surface area contributed by atoms with Crippen LogP contribution in [-0.2, 0) is 6.42 Å². The number of aryl methyl sites for hydroxylation is 1. The number of hydrogen-bond acceptors (Lipinski definition) is 3. The van der Waals surface area contributed by atoms with Crippen LogP contribution in [0.4, 0.5) is 4.39 Å². The van der Waals surface area contributed by atoms with E-state index >= 15 is 0 Å². The van der Waals surface area contributed by atoms with Crippen LogP contribution in [0.2, 0.25) is 0 Å². The minimum absolute atomic E-state index is 0.268. The van der Waals surface area contributed by atoms with Gasteiger partial charge in [-0.3, -0.25) is 9.36 Å². The molecule has 1 aromatic heterocycles. The molecule has 0 unspecified atom stereocenters. The summed E-state index contributed by atoms with van der Waals surface area (Å²) in [6.45, 7) is 4.42. The fourth-order valence-electron chi connectivity index (χ4n) is 2.57. The van der Waals surface area contributed by atoms with Crippen LogP contribution in [0.25, 0.3) is 16.6 Å². The van der Waals surface area contributed by atoms with Gasteiger partial charge in [-0.15, -0.1) is 0 Å². The summed E-state index contributed by atoms with van der Waals surface area (Å²) in [6, 6.07) is 11.3. The smallest absolute Gasteiger partial charge is 0.266 e. The lowest BCUT2D eigenvalue weighted by Gasteiger charge is -2.13. The van der Waals surface area contributed by atoms with Crippen molar-refractivity contribution in [2.24, 2.45) is 0 Å². The first kappa shape index (κ1) is 15.2. The van der Waals surface area contributed by atoms with Crippen molar-refractivity contribution >= 4 is 10.9 Å². The maximum atomic E-state index is 13.5. The van der Waals surface area contributed by atoms with Crippen LogP contribution in [0.3, 0.4) is 0 Å². The topological polar surface area (TPSA) is 44.1 Å². The molecule has 0 aliphatic heterocycles. The summed E-state index contributed by atoms with van der Waals surface area (Å²) in [5.74, 6) is 0.930. The van der Waals surface area contributed by atoms with Gasteiger partial charge in [-0.1, -0.05) is 6.92 Å². The molecule has 1 heterocycles. The highest BCUT2D eigenvalue weighted by Crippen LogP contribution is 2.18. The third-order valence-corrected chi connectivity index (χ3v) is 3.62. The van der Waals surface area contributed by atoms with Gasteiger partial charge in [0, 0.05) is 6.42 Å². The minimum Gasteiger partial charge on any atom is -0.494 e. The number of halogens is 1. The Morgan fingerprint density at radius 3 is 2.52 bits per heavy atom. The second kappa shape index (κ2) is 6.20. The molecular formula is C18H17FN2O2. The Morgan fingerprint density at radius 1 is 1.13 bits per heavy atom. The van der Waals surface area contributed by atoms with Crippen molar-refractivity contribution in [1.29, 1.82) is 0 Å². The third kappa shape index (κ3) is 2.82. The number of ether oxygens (including phenoxy) is 1. The van der Waals surface area contributed by atoms with Gasteiger partial charge in [0.05, 0.1) is 23.2 Å². The summed E-state index contributed by atoms with van der Waals surface area (Å²) < 4.78 is 20.4. The molecule has 0 saturated carbocycles. The molecule has 0 atom stereocenters. The summed E-state index contributed by atoms with van der Waals surface area (Å²) in [6.07, 6.45) is 0.593. The Labute approximate surface area is 133 Å². The highest BCUT2D eigenvalue weighted by Gasteiger charge is 2.12. The van der Waals surface area contributed by atoms with Crippen molar-refractivity contribution in [3.05, 3.63) is 64.5 Å². The molecule has 0 spiro atoms. The molecule has 3 rings (SSSR count). The lowest BCUT2D eigenvalue weighted by molar-refractivity contribution is 0.340. The van der Waals surface area contributed by atoms with E-state index in [9.17, 15) is 9.18 Å². The van der Waals surface area contributed by atoms with Crippen LogP contribution in [-0.4, -0.2) is 16.2 Å². The van der Waals surface area contributed by atoms with Crippen molar-refractivity contribution in [2.75, 3.05) is 6.61 Å². The number of fused-ring (bicyclic) bond motifs is 1. The highest BCUT2D eigenvalue weighted by atomic mass is 19.1. The number of rotatable bonds is 4. The molecular weight excluding hydrogens is 295 g/mol. The first-order valence-electron chi connectivity index (χ1n) is 7.58. The summed E-state index contributed by atoms with van der Waals surface area (Å²) >= 11 is 0. The maximum Gasteiger partial charge on any atom is 0.266 e. The molecule has 0 bridgehead atoms. The van der Waals surface area contributed by atoms with Crippen molar-refractivity contribution in [1.82, 2.24) is 9.55 Å². The van der Waals surface area contributed by atoms with Gasteiger partial charge in [0.2, 0.25) is 0 Å². The molecule has 118 valence electrons. The molecule has 0 amide bonds. The van der Waals surface area contributed by atoms with Crippen LogP contribution in [0.15, 0.2) is 47.3 Å². The van der Waals surface area contributed by atoms with E-state index < -0.39 is 5.82 Å². The fraction of sp³-hybridized carbons (Fsp3) is 0.222. The van der Waals surface area contributed by atoms with Gasteiger partial charge in [0.25, 0.3) is 5.56 Å². The van der Waals surface area contributed by atoms with Crippen LogP contribution in [0, 0.1) is 5.82 Å².